The highest BCUT2D eigenvalue weighted by Crippen LogP contribution is 2.22. The zero-order valence-corrected chi connectivity index (χ0v) is 20.0. The van der Waals surface area contributed by atoms with Gasteiger partial charge in [-0.1, -0.05) is 18.7 Å². The number of rotatable bonds is 12. The van der Waals surface area contributed by atoms with Crippen LogP contribution in [0, 0.1) is 0 Å². The van der Waals surface area contributed by atoms with Gasteiger partial charge in [0.2, 0.25) is 0 Å². The molecule has 11 heteroatoms. The van der Waals surface area contributed by atoms with E-state index in [-0.39, 0.29) is 42.3 Å². The van der Waals surface area contributed by atoms with E-state index in [1.54, 1.807) is 24.3 Å². The molecule has 2 aromatic carbocycles. The number of hydrogen-bond acceptors (Lipinski definition) is 8. The van der Waals surface area contributed by atoms with Crippen LogP contribution in [0.4, 0.5) is 13.2 Å². The Bertz CT molecular complexity index is 1110. The van der Waals surface area contributed by atoms with Crippen LogP contribution in [0.25, 0.3) is 0 Å². The Hall–Kier alpha value is -4.15. The van der Waals surface area contributed by atoms with E-state index in [0.29, 0.717) is 6.42 Å². The Morgan fingerprint density at radius 1 is 0.784 bits per heavy atom. The maximum atomic E-state index is 12.3. The molecule has 0 fully saturated rings. The minimum absolute atomic E-state index is 0.000482. The molecule has 0 heterocycles. The van der Waals surface area contributed by atoms with Crippen molar-refractivity contribution < 1.29 is 51.3 Å². The summed E-state index contributed by atoms with van der Waals surface area (Å²) >= 11 is 0. The lowest BCUT2D eigenvalue weighted by Gasteiger charge is -2.08. The Kier molecular flexibility index (Phi) is 10.9. The van der Waals surface area contributed by atoms with Gasteiger partial charge in [-0.15, -0.1) is 0 Å². The van der Waals surface area contributed by atoms with E-state index in [1.807, 2.05) is 0 Å². The molecule has 0 N–H and O–H groups in total. The molecule has 0 aliphatic carbocycles. The minimum atomic E-state index is -4.46. The van der Waals surface area contributed by atoms with E-state index in [2.05, 4.69) is 6.58 Å². The Balaban J connectivity index is 1.75. The molecule has 0 amide bonds. The standard InChI is InChI=1S/C26H25F3O8/c1-17(2)24(32)35-16-15-34-22(30)12-5-18-3-8-21(9-4-18)37-25(33)19-6-10-20(11-7-19)36-23(31)13-14-26(27,28)29/h3-4,6-11H,1,5,12-16H2,2H3. The lowest BCUT2D eigenvalue weighted by atomic mass is 10.1. The van der Waals surface area contributed by atoms with Crippen LogP contribution >= 0.6 is 0 Å². The molecule has 0 saturated carbocycles. The predicted octanol–water partition coefficient (Wildman–Crippen LogP) is 4.75. The Labute approximate surface area is 211 Å². The summed E-state index contributed by atoms with van der Waals surface area (Å²) < 4.78 is 56.4. The van der Waals surface area contributed by atoms with Crippen LogP contribution in [0.2, 0.25) is 0 Å². The number of aryl methyl sites for hydroxylation is 1. The third-order valence-electron chi connectivity index (χ3n) is 4.61. The van der Waals surface area contributed by atoms with Crippen molar-refractivity contribution in [3.63, 3.8) is 0 Å². The monoisotopic (exact) mass is 522 g/mol. The molecular weight excluding hydrogens is 497 g/mol. The first-order chi connectivity index (χ1) is 17.4. The maximum Gasteiger partial charge on any atom is 0.389 e. The largest absolute Gasteiger partial charge is 0.462 e. The number of halogens is 3. The summed E-state index contributed by atoms with van der Waals surface area (Å²) in [5.74, 6) is -2.50. The van der Waals surface area contributed by atoms with Crippen LogP contribution in [-0.2, 0) is 30.3 Å². The lowest BCUT2D eigenvalue weighted by Crippen LogP contribution is -2.14. The molecule has 2 rings (SSSR count). The number of carbonyl (C=O) groups is 4. The number of carbonyl (C=O) groups excluding carboxylic acids is 4. The van der Waals surface area contributed by atoms with Gasteiger partial charge in [0.15, 0.2) is 0 Å². The third-order valence-corrected chi connectivity index (χ3v) is 4.61. The van der Waals surface area contributed by atoms with Gasteiger partial charge in [0.05, 0.1) is 18.4 Å². The average Bonchev–Trinajstić information content (AvgIpc) is 2.84. The Morgan fingerprint density at radius 2 is 1.35 bits per heavy atom. The average molecular weight is 522 g/mol. The molecule has 0 aliphatic heterocycles. The van der Waals surface area contributed by atoms with E-state index < -0.39 is 42.9 Å². The second-order valence-corrected chi connectivity index (χ2v) is 7.78. The number of hydrogen-bond donors (Lipinski definition) is 0. The van der Waals surface area contributed by atoms with Crippen LogP contribution < -0.4 is 9.47 Å². The molecule has 0 spiro atoms. The zero-order valence-electron chi connectivity index (χ0n) is 20.0. The smallest absolute Gasteiger partial charge is 0.389 e. The SMILES string of the molecule is C=C(C)C(=O)OCCOC(=O)CCc1ccc(OC(=O)c2ccc(OC(=O)CCC(F)(F)F)cc2)cc1. The highest BCUT2D eigenvalue weighted by Gasteiger charge is 2.28. The van der Waals surface area contributed by atoms with Crippen molar-refractivity contribution in [1.29, 1.82) is 0 Å². The molecule has 2 aromatic rings. The summed E-state index contributed by atoms with van der Waals surface area (Å²) in [6.45, 7) is 4.83. The topological polar surface area (TPSA) is 105 Å². The van der Waals surface area contributed by atoms with Crippen molar-refractivity contribution in [2.24, 2.45) is 0 Å². The number of ether oxygens (including phenoxy) is 4. The number of esters is 4. The molecule has 0 bridgehead atoms. The van der Waals surface area contributed by atoms with Crippen LogP contribution in [0.1, 0.15) is 42.1 Å². The van der Waals surface area contributed by atoms with E-state index in [4.69, 9.17) is 18.9 Å². The first kappa shape index (κ1) is 29.1. The fourth-order valence-corrected chi connectivity index (χ4v) is 2.71. The molecule has 198 valence electrons. The van der Waals surface area contributed by atoms with Gasteiger partial charge in [0.1, 0.15) is 24.7 Å². The van der Waals surface area contributed by atoms with Gasteiger partial charge in [-0.3, -0.25) is 9.59 Å². The van der Waals surface area contributed by atoms with Crippen LogP contribution in [0.3, 0.4) is 0 Å². The summed E-state index contributed by atoms with van der Waals surface area (Å²) in [5, 5.41) is 0. The molecular formula is C26H25F3O8. The third kappa shape index (κ3) is 11.4. The lowest BCUT2D eigenvalue weighted by molar-refractivity contribution is -0.151. The van der Waals surface area contributed by atoms with Crippen molar-refractivity contribution in [3.8, 4) is 11.5 Å². The molecule has 0 unspecified atom stereocenters. The van der Waals surface area contributed by atoms with Gasteiger partial charge in [-0.2, -0.15) is 13.2 Å². The van der Waals surface area contributed by atoms with Crippen molar-refractivity contribution in [3.05, 3.63) is 71.8 Å². The highest BCUT2D eigenvalue weighted by atomic mass is 19.4. The normalized spacial score (nSPS) is 10.8. The predicted molar refractivity (Wildman–Crippen MR) is 124 cm³/mol. The fraction of sp³-hybridized carbons (Fsp3) is 0.308. The summed E-state index contributed by atoms with van der Waals surface area (Å²) in [7, 11) is 0. The molecule has 0 radical (unpaired) electrons. The zero-order chi connectivity index (χ0) is 27.4. The molecule has 0 aliphatic rings. The van der Waals surface area contributed by atoms with E-state index in [1.165, 1.54) is 31.2 Å². The minimum Gasteiger partial charge on any atom is -0.462 e. The molecule has 0 aromatic heterocycles. The second-order valence-electron chi connectivity index (χ2n) is 7.78. The first-order valence-corrected chi connectivity index (χ1v) is 11.1. The molecule has 37 heavy (non-hydrogen) atoms. The second kappa shape index (κ2) is 13.8. The van der Waals surface area contributed by atoms with Crippen LogP contribution in [0.15, 0.2) is 60.7 Å². The van der Waals surface area contributed by atoms with Crippen molar-refractivity contribution >= 4 is 23.9 Å². The van der Waals surface area contributed by atoms with Crippen molar-refractivity contribution in [2.45, 2.75) is 38.8 Å². The fourth-order valence-electron chi connectivity index (χ4n) is 2.71. The van der Waals surface area contributed by atoms with Gasteiger partial charge < -0.3 is 18.9 Å². The van der Waals surface area contributed by atoms with Crippen molar-refractivity contribution in [2.75, 3.05) is 13.2 Å². The summed E-state index contributed by atoms with van der Waals surface area (Å²) in [4.78, 5) is 46.8. The molecule has 0 atom stereocenters. The molecule has 8 nitrogen and oxygen atoms in total. The van der Waals surface area contributed by atoms with Gasteiger partial charge in [0, 0.05) is 12.0 Å². The van der Waals surface area contributed by atoms with E-state index in [9.17, 15) is 32.3 Å². The first-order valence-electron chi connectivity index (χ1n) is 11.1. The number of alkyl halides is 3. The van der Waals surface area contributed by atoms with E-state index in [0.717, 1.165) is 5.56 Å². The number of benzene rings is 2. The van der Waals surface area contributed by atoms with Gasteiger partial charge >= 0.3 is 30.1 Å². The summed E-state index contributed by atoms with van der Waals surface area (Å²) in [5.41, 5.74) is 1.18. The van der Waals surface area contributed by atoms with E-state index >= 15 is 0 Å². The van der Waals surface area contributed by atoms with Gasteiger partial charge in [0.25, 0.3) is 0 Å². The molecule has 0 saturated heterocycles. The quantitative estimate of drug-likeness (QED) is 0.170. The van der Waals surface area contributed by atoms with Crippen molar-refractivity contribution in [1.82, 2.24) is 0 Å². The van der Waals surface area contributed by atoms with Gasteiger partial charge in [-0.25, -0.2) is 9.59 Å². The summed E-state index contributed by atoms with van der Waals surface area (Å²) in [6.07, 6.45) is -6.08. The van der Waals surface area contributed by atoms with Gasteiger partial charge in [-0.05, 0) is 55.3 Å². The Morgan fingerprint density at radius 3 is 1.95 bits per heavy atom. The van der Waals surface area contributed by atoms with Crippen LogP contribution in [-0.4, -0.2) is 43.3 Å². The highest BCUT2D eigenvalue weighted by molar-refractivity contribution is 5.91. The van der Waals surface area contributed by atoms with Crippen LogP contribution in [0.5, 0.6) is 11.5 Å². The summed E-state index contributed by atoms with van der Waals surface area (Å²) in [6, 6.07) is 11.6. The maximum absolute atomic E-state index is 12.3.